The van der Waals surface area contributed by atoms with Crippen LogP contribution in [-0.2, 0) is 11.0 Å². The SMILES string of the molecule is C=C(C)C(=O)/C=C/c1ccc(C(F)(F)F)cc1. The van der Waals surface area contributed by atoms with Crippen molar-refractivity contribution in [1.29, 1.82) is 0 Å². The highest BCUT2D eigenvalue weighted by molar-refractivity contribution is 6.05. The van der Waals surface area contributed by atoms with Gasteiger partial charge in [0.15, 0.2) is 5.78 Å². The molecule has 0 heterocycles. The van der Waals surface area contributed by atoms with Gasteiger partial charge in [0.1, 0.15) is 0 Å². The van der Waals surface area contributed by atoms with E-state index in [0.29, 0.717) is 11.1 Å². The van der Waals surface area contributed by atoms with Crippen molar-refractivity contribution in [3.05, 3.63) is 53.6 Å². The Hall–Kier alpha value is -1.84. The van der Waals surface area contributed by atoms with Crippen molar-refractivity contribution in [3.8, 4) is 0 Å². The van der Waals surface area contributed by atoms with Crippen LogP contribution in [0, 0.1) is 0 Å². The molecule has 0 amide bonds. The Morgan fingerprint density at radius 2 is 1.76 bits per heavy atom. The summed E-state index contributed by atoms with van der Waals surface area (Å²) in [6.45, 7) is 5.03. The number of ketones is 1. The van der Waals surface area contributed by atoms with Crippen molar-refractivity contribution in [1.82, 2.24) is 0 Å². The minimum Gasteiger partial charge on any atom is -0.290 e. The molecule has 0 atom stereocenters. The van der Waals surface area contributed by atoms with Crippen LogP contribution < -0.4 is 0 Å². The number of carbonyl (C=O) groups is 1. The van der Waals surface area contributed by atoms with Gasteiger partial charge in [0, 0.05) is 0 Å². The zero-order valence-electron chi connectivity index (χ0n) is 9.21. The summed E-state index contributed by atoms with van der Waals surface area (Å²) in [5.41, 5.74) is 0.210. The molecule has 0 spiro atoms. The molecule has 17 heavy (non-hydrogen) atoms. The molecule has 1 rings (SSSR count). The Morgan fingerprint density at radius 3 is 2.18 bits per heavy atom. The lowest BCUT2D eigenvalue weighted by molar-refractivity contribution is -0.137. The van der Waals surface area contributed by atoms with Gasteiger partial charge in [-0.05, 0) is 36.3 Å². The molecule has 0 saturated heterocycles. The molecule has 1 aromatic carbocycles. The Labute approximate surface area is 97.3 Å². The number of benzene rings is 1. The number of carbonyl (C=O) groups excluding carboxylic acids is 1. The van der Waals surface area contributed by atoms with Crippen molar-refractivity contribution >= 4 is 11.9 Å². The lowest BCUT2D eigenvalue weighted by Crippen LogP contribution is -2.04. The predicted octanol–water partition coefficient (Wildman–Crippen LogP) is 3.86. The van der Waals surface area contributed by atoms with Crippen molar-refractivity contribution in [3.63, 3.8) is 0 Å². The number of rotatable bonds is 3. The second kappa shape index (κ2) is 4.99. The summed E-state index contributed by atoms with van der Waals surface area (Å²) < 4.78 is 36.8. The van der Waals surface area contributed by atoms with E-state index in [1.54, 1.807) is 6.92 Å². The standard InChI is InChI=1S/C13H11F3O/c1-9(2)12(17)8-5-10-3-6-11(7-4-10)13(14,15)16/h3-8H,1H2,2H3/b8-5+. The van der Waals surface area contributed by atoms with Crippen LogP contribution in [0.25, 0.3) is 6.08 Å². The summed E-state index contributed by atoms with van der Waals surface area (Å²) >= 11 is 0. The molecular weight excluding hydrogens is 229 g/mol. The average molecular weight is 240 g/mol. The topological polar surface area (TPSA) is 17.1 Å². The van der Waals surface area contributed by atoms with E-state index in [0.717, 1.165) is 12.1 Å². The minimum absolute atomic E-state index is 0.245. The van der Waals surface area contributed by atoms with E-state index in [2.05, 4.69) is 6.58 Å². The van der Waals surface area contributed by atoms with E-state index in [9.17, 15) is 18.0 Å². The van der Waals surface area contributed by atoms with Crippen LogP contribution in [0.5, 0.6) is 0 Å². The fraction of sp³-hybridized carbons (Fsp3) is 0.154. The third-order valence-corrected chi connectivity index (χ3v) is 2.09. The highest BCUT2D eigenvalue weighted by Crippen LogP contribution is 2.29. The van der Waals surface area contributed by atoms with Gasteiger partial charge >= 0.3 is 6.18 Å². The second-order valence-corrected chi connectivity index (χ2v) is 3.60. The summed E-state index contributed by atoms with van der Waals surface area (Å²) in [5.74, 6) is -0.245. The Morgan fingerprint density at radius 1 is 1.24 bits per heavy atom. The highest BCUT2D eigenvalue weighted by Gasteiger charge is 2.29. The van der Waals surface area contributed by atoms with Gasteiger partial charge in [0.25, 0.3) is 0 Å². The van der Waals surface area contributed by atoms with E-state index in [1.165, 1.54) is 24.3 Å². The van der Waals surface area contributed by atoms with Gasteiger partial charge in [-0.25, -0.2) is 0 Å². The Bertz CT molecular complexity index is 453. The van der Waals surface area contributed by atoms with Gasteiger partial charge in [-0.3, -0.25) is 4.79 Å². The van der Waals surface area contributed by atoms with Crippen LogP contribution in [0.2, 0.25) is 0 Å². The third-order valence-electron chi connectivity index (χ3n) is 2.09. The molecular formula is C13H11F3O. The Kier molecular flexibility index (Phi) is 3.89. The molecule has 90 valence electrons. The van der Waals surface area contributed by atoms with E-state index in [4.69, 9.17) is 0 Å². The monoisotopic (exact) mass is 240 g/mol. The zero-order valence-corrected chi connectivity index (χ0v) is 9.21. The number of hydrogen-bond donors (Lipinski definition) is 0. The van der Waals surface area contributed by atoms with Crippen molar-refractivity contribution in [2.75, 3.05) is 0 Å². The summed E-state index contributed by atoms with van der Waals surface area (Å²) in [5, 5.41) is 0. The quantitative estimate of drug-likeness (QED) is 0.733. The van der Waals surface area contributed by atoms with Crippen LogP contribution in [0.15, 0.2) is 42.5 Å². The summed E-state index contributed by atoms with van der Waals surface area (Å²) in [6, 6.07) is 4.58. The van der Waals surface area contributed by atoms with E-state index in [-0.39, 0.29) is 5.78 Å². The maximum absolute atomic E-state index is 12.3. The molecule has 1 nitrogen and oxygen atoms in total. The van der Waals surface area contributed by atoms with Gasteiger partial charge in [0.2, 0.25) is 0 Å². The van der Waals surface area contributed by atoms with E-state index >= 15 is 0 Å². The zero-order chi connectivity index (χ0) is 13.1. The third kappa shape index (κ3) is 3.90. The van der Waals surface area contributed by atoms with E-state index < -0.39 is 11.7 Å². The average Bonchev–Trinajstić information content (AvgIpc) is 2.25. The summed E-state index contributed by atoms with van der Waals surface area (Å²) in [4.78, 5) is 11.2. The summed E-state index contributed by atoms with van der Waals surface area (Å²) in [7, 11) is 0. The van der Waals surface area contributed by atoms with Crippen molar-refractivity contribution < 1.29 is 18.0 Å². The maximum atomic E-state index is 12.3. The molecule has 0 radical (unpaired) electrons. The molecule has 1 aromatic rings. The highest BCUT2D eigenvalue weighted by atomic mass is 19.4. The first-order chi connectivity index (χ1) is 7.80. The fourth-order valence-corrected chi connectivity index (χ4v) is 1.10. The first-order valence-electron chi connectivity index (χ1n) is 4.86. The van der Waals surface area contributed by atoms with Crippen LogP contribution in [0.3, 0.4) is 0 Å². The summed E-state index contributed by atoms with van der Waals surface area (Å²) in [6.07, 6.45) is -1.60. The number of halogens is 3. The molecule has 0 N–H and O–H groups in total. The van der Waals surface area contributed by atoms with Gasteiger partial charge in [0.05, 0.1) is 5.56 Å². The molecule has 0 unspecified atom stereocenters. The van der Waals surface area contributed by atoms with Gasteiger partial charge in [-0.1, -0.05) is 24.8 Å². The number of alkyl halides is 3. The van der Waals surface area contributed by atoms with Crippen LogP contribution >= 0.6 is 0 Å². The lowest BCUT2D eigenvalue weighted by Gasteiger charge is -2.05. The molecule has 0 aliphatic carbocycles. The van der Waals surface area contributed by atoms with Gasteiger partial charge in [-0.2, -0.15) is 13.2 Å². The van der Waals surface area contributed by atoms with Crippen molar-refractivity contribution in [2.24, 2.45) is 0 Å². The second-order valence-electron chi connectivity index (χ2n) is 3.60. The smallest absolute Gasteiger partial charge is 0.290 e. The molecule has 0 aromatic heterocycles. The first kappa shape index (κ1) is 13.2. The largest absolute Gasteiger partial charge is 0.416 e. The maximum Gasteiger partial charge on any atom is 0.416 e. The minimum atomic E-state index is -4.34. The Balaban J connectivity index is 2.83. The lowest BCUT2D eigenvalue weighted by atomic mass is 10.1. The van der Waals surface area contributed by atoms with Crippen molar-refractivity contribution in [2.45, 2.75) is 13.1 Å². The van der Waals surface area contributed by atoms with Crippen LogP contribution in [0.4, 0.5) is 13.2 Å². The molecule has 0 aliphatic heterocycles. The molecule has 0 saturated carbocycles. The fourth-order valence-electron chi connectivity index (χ4n) is 1.10. The van der Waals surface area contributed by atoms with Gasteiger partial charge in [-0.15, -0.1) is 0 Å². The first-order valence-corrected chi connectivity index (χ1v) is 4.86. The molecule has 0 fully saturated rings. The molecule has 4 heteroatoms. The molecule has 0 aliphatic rings. The van der Waals surface area contributed by atoms with Crippen LogP contribution in [-0.4, -0.2) is 5.78 Å². The van der Waals surface area contributed by atoms with Gasteiger partial charge < -0.3 is 0 Å². The van der Waals surface area contributed by atoms with E-state index in [1.807, 2.05) is 0 Å². The number of allylic oxidation sites excluding steroid dienone is 2. The van der Waals surface area contributed by atoms with Crippen LogP contribution in [0.1, 0.15) is 18.1 Å². The molecule has 0 bridgehead atoms. The predicted molar refractivity (Wildman–Crippen MR) is 60.3 cm³/mol. The number of hydrogen-bond acceptors (Lipinski definition) is 1. The normalized spacial score (nSPS) is 11.8.